The molecule has 0 saturated heterocycles. The molecule has 0 aliphatic heterocycles. The van der Waals surface area contributed by atoms with Crippen molar-refractivity contribution in [3.05, 3.63) is 132 Å². The Balaban J connectivity index is 0.000000656. The van der Waals surface area contributed by atoms with E-state index < -0.39 is 39.6 Å². The minimum atomic E-state index is -1.72. The predicted octanol–water partition coefficient (Wildman–Crippen LogP) is 11.7. The van der Waals surface area contributed by atoms with Gasteiger partial charge in [-0.05, 0) is 11.1 Å². The van der Waals surface area contributed by atoms with Crippen LogP contribution in [0.15, 0.2) is 108 Å². The van der Waals surface area contributed by atoms with Crippen LogP contribution in [0.4, 0.5) is 9.59 Å². The van der Waals surface area contributed by atoms with Crippen molar-refractivity contribution >= 4 is 62.8 Å². The molecule has 0 heterocycles. The topological polar surface area (TPSA) is 58.2 Å². The summed E-state index contributed by atoms with van der Waals surface area (Å²) in [4.78, 5) is 23.1. The summed E-state index contributed by atoms with van der Waals surface area (Å²) in [5, 5.41) is 0. The molecule has 0 fully saturated rings. The van der Waals surface area contributed by atoms with Crippen molar-refractivity contribution in [2.45, 2.75) is 104 Å². The van der Waals surface area contributed by atoms with E-state index in [1.807, 2.05) is 75.7 Å². The normalized spacial score (nSPS) is 13.0. The van der Waals surface area contributed by atoms with E-state index in [1.165, 1.54) is 60.8 Å². The number of allylic oxidation sites excluding steroid dienone is 10. The van der Waals surface area contributed by atoms with Crippen molar-refractivity contribution in [3.63, 3.8) is 0 Å². The van der Waals surface area contributed by atoms with E-state index >= 15 is 0 Å². The summed E-state index contributed by atoms with van der Waals surface area (Å²) in [7, 11) is -3.43. The zero-order valence-electron chi connectivity index (χ0n) is 32.1. The van der Waals surface area contributed by atoms with Crippen molar-refractivity contribution < 1.29 is 35.8 Å². The van der Waals surface area contributed by atoms with E-state index in [-0.39, 0.29) is 37.3 Å². The van der Waals surface area contributed by atoms with Crippen LogP contribution in [0.5, 0.6) is 0 Å². The molecule has 50 heavy (non-hydrogen) atoms. The fourth-order valence-corrected chi connectivity index (χ4v) is 16.7. The van der Waals surface area contributed by atoms with Crippen molar-refractivity contribution in [3.8, 4) is 0 Å². The Labute approximate surface area is 338 Å². The van der Waals surface area contributed by atoms with Gasteiger partial charge >= 0.3 is 132 Å². The molecular formula is C42H61InN2O2Si2Zr. The standard InChI is InChI=1S/C16H14.2C9H13.2C4H11NOSi.In.Zr.H/c1-3-9-15(10-4-1)13-7-8-14-16-11-5-2-6-12-16;2*1-2-3-6-9-7-4-5-8-9;2*1-7(2,3)4(5)6;;;/h1-14H;2*4,7H,2-3,5-6H2,1H3;2*1-3H3,(H2,5,6);;;/q;2*-1;;;2*+2;/p-2. The number of amides is 2. The maximum absolute atomic E-state index is 11.6. The number of carbonyl (C=O) groups is 2. The van der Waals surface area contributed by atoms with Crippen molar-refractivity contribution in [1.29, 1.82) is 0 Å². The van der Waals surface area contributed by atoms with Gasteiger partial charge in [0.1, 0.15) is 0 Å². The molecule has 0 atom stereocenters. The molecule has 8 heteroatoms. The molecule has 4 rings (SSSR count). The summed E-state index contributed by atoms with van der Waals surface area (Å²) < 4.78 is 5.90. The number of nitrogens with one attached hydrogen (secondary N) is 2. The second-order valence-electron chi connectivity index (χ2n) is 14.1. The Hall–Kier alpha value is -1.99. The first kappa shape index (κ1) is 48.0. The van der Waals surface area contributed by atoms with Crippen molar-refractivity contribution in [1.82, 2.24) is 6.61 Å². The van der Waals surface area contributed by atoms with Crippen LogP contribution < -0.4 is 6.61 Å². The molecular weight excluding hydrogens is 827 g/mol. The van der Waals surface area contributed by atoms with Gasteiger partial charge in [-0.25, -0.2) is 23.3 Å². The Morgan fingerprint density at radius 2 is 1.02 bits per heavy atom. The van der Waals surface area contributed by atoms with Gasteiger partial charge in [-0.1, -0.05) is 137 Å². The van der Waals surface area contributed by atoms with Crippen LogP contribution in [0.25, 0.3) is 12.2 Å². The van der Waals surface area contributed by atoms with Gasteiger partial charge < -0.3 is 0 Å². The molecule has 2 aromatic carbocycles. The van der Waals surface area contributed by atoms with Gasteiger partial charge in [0, 0.05) is 0 Å². The van der Waals surface area contributed by atoms with Crippen LogP contribution in [0, 0.1) is 12.2 Å². The van der Waals surface area contributed by atoms with Crippen LogP contribution in [0.1, 0.15) is 76.3 Å². The smallest absolute Gasteiger partial charge is 2.00 e. The quantitative estimate of drug-likeness (QED) is 0.120. The molecule has 266 valence electrons. The van der Waals surface area contributed by atoms with E-state index in [9.17, 15) is 9.59 Å². The first-order chi connectivity index (χ1) is 23.4. The van der Waals surface area contributed by atoms with Crippen LogP contribution in [-0.4, -0.2) is 50.7 Å². The summed E-state index contributed by atoms with van der Waals surface area (Å²) in [5.74, 6) is 0. The summed E-state index contributed by atoms with van der Waals surface area (Å²) in [6.07, 6.45) is 33.4. The molecule has 4 nitrogen and oxygen atoms in total. The Kier molecular flexibility index (Phi) is 27.4. The molecule has 0 aromatic heterocycles. The second-order valence-corrected chi connectivity index (χ2v) is 27.0. The third-order valence-corrected chi connectivity index (χ3v) is 15.2. The Morgan fingerprint density at radius 1 is 0.660 bits per heavy atom. The molecule has 2 amide bonds. The first-order valence-electron chi connectivity index (χ1n) is 17.9. The molecule has 0 unspecified atom stereocenters. The van der Waals surface area contributed by atoms with Crippen LogP contribution >= 0.6 is 0 Å². The number of carbonyl (C=O) groups excluding carboxylic acids is 2. The number of hydrogen-bond acceptors (Lipinski definition) is 2. The molecule has 0 spiro atoms. The number of unbranched alkanes of at least 4 members (excludes halogenated alkanes) is 2. The fraction of sp³-hybridized carbons (Fsp3) is 0.381. The SMILES string of the molecule is C(C=Cc1ccccc1)=Cc1ccccc1.CCCCC1=[C-]CC=C1.CCCCC1=[C-]CC=C1.C[Si](C)(C)C(=O)[NH][InH][NH]C(=O)[Si](C)(C)C.[Zr+2]. The Morgan fingerprint density at radius 3 is 1.30 bits per heavy atom. The van der Waals surface area contributed by atoms with Crippen LogP contribution in [0.2, 0.25) is 39.3 Å². The molecule has 0 radical (unpaired) electrons. The van der Waals surface area contributed by atoms with Crippen molar-refractivity contribution in [2.75, 3.05) is 0 Å². The number of rotatable bonds is 13. The zero-order valence-corrected chi connectivity index (χ0v) is 40.6. The third kappa shape index (κ3) is 25.0. The third-order valence-electron chi connectivity index (χ3n) is 7.28. The van der Waals surface area contributed by atoms with Gasteiger partial charge in [0.05, 0.1) is 0 Å². The summed E-state index contributed by atoms with van der Waals surface area (Å²) in [5.41, 5.74) is 5.62. The van der Waals surface area contributed by atoms with Crippen LogP contribution in [-0.2, 0) is 26.2 Å². The first-order valence-corrected chi connectivity index (χ1v) is 28.9. The minimum absolute atomic E-state index is 0. The van der Waals surface area contributed by atoms with Gasteiger partial charge in [0.25, 0.3) is 0 Å². The maximum atomic E-state index is 11.6. The molecule has 2 aromatic rings. The second kappa shape index (κ2) is 28.6. The molecule has 2 N–H and O–H groups in total. The minimum Gasteiger partial charge on any atom is 2.00 e. The fourth-order valence-electron chi connectivity index (χ4n) is 4.17. The number of hydrogen-bond donors (Lipinski definition) is 2. The maximum Gasteiger partial charge on any atom is 2.00 e. The van der Waals surface area contributed by atoms with Gasteiger partial charge in [-0.15, -0.1) is 12.8 Å². The van der Waals surface area contributed by atoms with E-state index in [0.717, 1.165) is 12.8 Å². The van der Waals surface area contributed by atoms with E-state index in [2.05, 4.69) is 105 Å². The van der Waals surface area contributed by atoms with Crippen molar-refractivity contribution in [2.24, 2.45) is 0 Å². The van der Waals surface area contributed by atoms with Gasteiger partial charge in [-0.3, -0.25) is 12.2 Å². The van der Waals surface area contributed by atoms with Gasteiger partial charge in [0.2, 0.25) is 0 Å². The Bertz CT molecular complexity index is 1300. The molecule has 0 saturated carbocycles. The average molecular weight is 888 g/mol. The number of benzene rings is 2. The van der Waals surface area contributed by atoms with Crippen LogP contribution in [0.3, 0.4) is 0 Å². The van der Waals surface area contributed by atoms with E-state index in [4.69, 9.17) is 0 Å². The predicted molar refractivity (Wildman–Crippen MR) is 222 cm³/mol. The van der Waals surface area contributed by atoms with Gasteiger partial charge in [-0.2, -0.15) is 12.2 Å². The average Bonchev–Trinajstić information content (AvgIpc) is 3.81. The largest absolute Gasteiger partial charge is 2.00 e. The van der Waals surface area contributed by atoms with E-state index in [0.29, 0.717) is 0 Å². The monoisotopic (exact) mass is 886 g/mol. The molecule has 0 bridgehead atoms. The summed E-state index contributed by atoms with van der Waals surface area (Å²) >= 11 is -1.60. The summed E-state index contributed by atoms with van der Waals surface area (Å²) in [6, 6.07) is 20.6. The van der Waals surface area contributed by atoms with E-state index in [1.54, 1.807) is 0 Å². The molecule has 2 aliphatic carbocycles. The van der Waals surface area contributed by atoms with Gasteiger partial charge in [0.15, 0.2) is 0 Å². The zero-order chi connectivity index (χ0) is 36.4. The molecule has 2 aliphatic rings. The summed E-state index contributed by atoms with van der Waals surface area (Å²) in [6.45, 7) is 16.5.